The molecule has 1 aromatic rings. The van der Waals surface area contributed by atoms with Gasteiger partial charge in [0.05, 0.1) is 0 Å². The van der Waals surface area contributed by atoms with Crippen molar-refractivity contribution in [2.24, 2.45) is 5.92 Å². The predicted octanol–water partition coefficient (Wildman–Crippen LogP) is 3.83. The van der Waals surface area contributed by atoms with Crippen LogP contribution in [0, 0.1) is 5.92 Å². The normalized spacial score (nSPS) is 27.6. The van der Waals surface area contributed by atoms with Gasteiger partial charge in [0, 0.05) is 28.8 Å². The van der Waals surface area contributed by atoms with Gasteiger partial charge in [-0.1, -0.05) is 29.8 Å². The van der Waals surface area contributed by atoms with E-state index in [1.165, 1.54) is 22.1 Å². The second-order valence-electron chi connectivity index (χ2n) is 5.60. The molecule has 3 heteroatoms. The molecule has 19 heavy (non-hydrogen) atoms. The summed E-state index contributed by atoms with van der Waals surface area (Å²) in [6.07, 6.45) is 2.31. The zero-order valence-electron chi connectivity index (χ0n) is 12.4. The van der Waals surface area contributed by atoms with E-state index in [4.69, 9.17) is 0 Å². The Balaban J connectivity index is 2.27. The Morgan fingerprint density at radius 1 is 1.37 bits per heavy atom. The number of piperidine rings is 1. The van der Waals surface area contributed by atoms with Crippen molar-refractivity contribution in [1.29, 1.82) is 0 Å². The average Bonchev–Trinajstić information content (AvgIpc) is 2.42. The number of halogens is 1. The maximum atomic E-state index is 3.58. The number of hydrogen-bond acceptors (Lipinski definition) is 2. The van der Waals surface area contributed by atoms with Gasteiger partial charge in [-0.15, -0.1) is 0 Å². The van der Waals surface area contributed by atoms with Crippen LogP contribution >= 0.6 is 15.9 Å². The molecule has 1 aliphatic heterocycles. The third-order valence-electron chi connectivity index (χ3n) is 4.67. The number of aryl methyl sites for hydroxylation is 1. The highest BCUT2D eigenvalue weighted by molar-refractivity contribution is 9.10. The summed E-state index contributed by atoms with van der Waals surface area (Å²) in [5.74, 6) is 0.673. The lowest BCUT2D eigenvalue weighted by Gasteiger charge is -2.44. The quantitative estimate of drug-likeness (QED) is 0.908. The zero-order valence-corrected chi connectivity index (χ0v) is 14.0. The van der Waals surface area contributed by atoms with Crippen LogP contribution in [0.4, 0.5) is 5.69 Å². The number of nitrogens with zero attached hydrogens (tertiary/aromatic N) is 1. The van der Waals surface area contributed by atoms with E-state index in [9.17, 15) is 0 Å². The zero-order chi connectivity index (χ0) is 14.0. The lowest BCUT2D eigenvalue weighted by molar-refractivity contribution is 0.282. The van der Waals surface area contributed by atoms with Crippen LogP contribution in [0.5, 0.6) is 0 Å². The van der Waals surface area contributed by atoms with E-state index in [0.717, 1.165) is 13.0 Å². The van der Waals surface area contributed by atoms with Crippen LogP contribution in [0.25, 0.3) is 0 Å². The van der Waals surface area contributed by atoms with Gasteiger partial charge in [0.2, 0.25) is 0 Å². The fourth-order valence-electron chi connectivity index (χ4n) is 3.23. The molecule has 106 valence electrons. The van der Waals surface area contributed by atoms with E-state index in [1.807, 2.05) is 0 Å². The van der Waals surface area contributed by atoms with Gasteiger partial charge >= 0.3 is 0 Å². The third kappa shape index (κ3) is 2.97. The molecule has 3 unspecified atom stereocenters. The smallest absolute Gasteiger partial charge is 0.0401 e. The molecule has 0 amide bonds. The van der Waals surface area contributed by atoms with Crippen molar-refractivity contribution in [3.05, 3.63) is 28.2 Å². The van der Waals surface area contributed by atoms with Gasteiger partial charge in [-0.3, -0.25) is 0 Å². The van der Waals surface area contributed by atoms with Gasteiger partial charge < -0.3 is 10.2 Å². The lowest BCUT2D eigenvalue weighted by Crippen LogP contribution is -2.53. The number of hydrogen-bond donors (Lipinski definition) is 1. The summed E-state index contributed by atoms with van der Waals surface area (Å²) in [6.45, 7) is 8.10. The maximum absolute atomic E-state index is 3.58. The standard InChI is InChI=1S/C16H25BrN2/c1-5-13-10-14(17)6-7-16(13)19-9-8-15(18-4)11(2)12(19)3/h6-7,10-12,15,18H,5,8-9H2,1-4H3. The first-order valence-electron chi connectivity index (χ1n) is 7.30. The summed E-state index contributed by atoms with van der Waals surface area (Å²) in [7, 11) is 2.08. The molecule has 0 radical (unpaired) electrons. The Kier molecular flexibility index (Phi) is 4.91. The molecular weight excluding hydrogens is 300 g/mol. The number of benzene rings is 1. The van der Waals surface area contributed by atoms with Crippen LogP contribution in [-0.2, 0) is 6.42 Å². The van der Waals surface area contributed by atoms with Gasteiger partial charge in [0.25, 0.3) is 0 Å². The van der Waals surface area contributed by atoms with Crippen molar-refractivity contribution in [2.75, 3.05) is 18.5 Å². The van der Waals surface area contributed by atoms with Gasteiger partial charge in [0.15, 0.2) is 0 Å². The average molecular weight is 325 g/mol. The molecule has 1 heterocycles. The summed E-state index contributed by atoms with van der Waals surface area (Å²) in [4.78, 5) is 2.59. The molecule has 0 saturated carbocycles. The molecular formula is C16H25BrN2. The van der Waals surface area contributed by atoms with Crippen molar-refractivity contribution < 1.29 is 0 Å². The molecule has 1 aromatic carbocycles. The van der Waals surface area contributed by atoms with Crippen LogP contribution in [-0.4, -0.2) is 25.7 Å². The van der Waals surface area contributed by atoms with Gasteiger partial charge in [-0.05, 0) is 56.5 Å². The van der Waals surface area contributed by atoms with Crippen LogP contribution in [0.15, 0.2) is 22.7 Å². The first-order valence-corrected chi connectivity index (χ1v) is 8.10. The van der Waals surface area contributed by atoms with Crippen LogP contribution in [0.3, 0.4) is 0 Å². The number of rotatable bonds is 3. The fraction of sp³-hybridized carbons (Fsp3) is 0.625. The van der Waals surface area contributed by atoms with Crippen LogP contribution < -0.4 is 10.2 Å². The van der Waals surface area contributed by atoms with Crippen molar-refractivity contribution in [1.82, 2.24) is 5.32 Å². The SMILES string of the molecule is CCc1cc(Br)ccc1N1CCC(NC)C(C)C1C. The van der Waals surface area contributed by atoms with E-state index >= 15 is 0 Å². The van der Waals surface area contributed by atoms with E-state index in [-0.39, 0.29) is 0 Å². The van der Waals surface area contributed by atoms with E-state index in [2.05, 4.69) is 72.2 Å². The minimum absolute atomic E-state index is 0.581. The molecule has 0 spiro atoms. The Labute approximate surface area is 125 Å². The van der Waals surface area contributed by atoms with Crippen molar-refractivity contribution in [3.63, 3.8) is 0 Å². The van der Waals surface area contributed by atoms with Gasteiger partial charge in [0.1, 0.15) is 0 Å². The molecule has 2 nitrogen and oxygen atoms in total. The summed E-state index contributed by atoms with van der Waals surface area (Å²) in [5.41, 5.74) is 2.86. The van der Waals surface area contributed by atoms with Gasteiger partial charge in [-0.25, -0.2) is 0 Å². The third-order valence-corrected chi connectivity index (χ3v) is 5.16. The highest BCUT2D eigenvalue weighted by Gasteiger charge is 2.32. The lowest BCUT2D eigenvalue weighted by atomic mass is 9.86. The van der Waals surface area contributed by atoms with Crippen molar-refractivity contribution in [2.45, 2.75) is 45.7 Å². The molecule has 0 aromatic heterocycles. The van der Waals surface area contributed by atoms with Crippen molar-refractivity contribution >= 4 is 21.6 Å². The van der Waals surface area contributed by atoms with Crippen molar-refractivity contribution in [3.8, 4) is 0 Å². The number of anilines is 1. The van der Waals surface area contributed by atoms with Gasteiger partial charge in [-0.2, -0.15) is 0 Å². The molecule has 2 rings (SSSR count). The first-order chi connectivity index (χ1) is 9.08. The predicted molar refractivity (Wildman–Crippen MR) is 87.0 cm³/mol. The summed E-state index contributed by atoms with van der Waals surface area (Å²) in [6, 6.07) is 7.92. The van der Waals surface area contributed by atoms with E-state index < -0.39 is 0 Å². The molecule has 3 atom stereocenters. The highest BCUT2D eigenvalue weighted by atomic mass is 79.9. The Bertz CT molecular complexity index is 433. The molecule has 1 aliphatic rings. The molecule has 0 bridgehead atoms. The fourth-order valence-corrected chi connectivity index (χ4v) is 3.64. The van der Waals surface area contributed by atoms with E-state index in [0.29, 0.717) is 18.0 Å². The number of nitrogens with one attached hydrogen (secondary N) is 1. The largest absolute Gasteiger partial charge is 0.368 e. The van der Waals surface area contributed by atoms with Crippen LogP contribution in [0.2, 0.25) is 0 Å². The molecule has 0 aliphatic carbocycles. The summed E-state index contributed by atoms with van der Waals surface area (Å²) < 4.78 is 1.18. The second-order valence-corrected chi connectivity index (χ2v) is 6.52. The summed E-state index contributed by atoms with van der Waals surface area (Å²) in [5, 5.41) is 3.46. The summed E-state index contributed by atoms with van der Waals surface area (Å²) >= 11 is 3.58. The van der Waals surface area contributed by atoms with Crippen LogP contribution in [0.1, 0.15) is 32.8 Å². The Hall–Kier alpha value is -0.540. The topological polar surface area (TPSA) is 15.3 Å². The molecule has 1 saturated heterocycles. The Morgan fingerprint density at radius 3 is 2.74 bits per heavy atom. The monoisotopic (exact) mass is 324 g/mol. The minimum Gasteiger partial charge on any atom is -0.368 e. The maximum Gasteiger partial charge on any atom is 0.0401 e. The molecule has 1 fully saturated rings. The Morgan fingerprint density at radius 2 is 2.11 bits per heavy atom. The highest BCUT2D eigenvalue weighted by Crippen LogP contribution is 2.32. The first kappa shape index (κ1) is 14.9. The minimum atomic E-state index is 0.581. The second kappa shape index (κ2) is 6.27. The van der Waals surface area contributed by atoms with E-state index in [1.54, 1.807) is 0 Å². The molecule has 1 N–H and O–H groups in total.